The van der Waals surface area contributed by atoms with Gasteiger partial charge in [-0.15, -0.1) is 65.7 Å². The average molecular weight is 871 g/mol. The fraction of sp³-hybridized carbons (Fsp3) is 0.647. The second-order valence-electron chi connectivity index (χ2n) is 17.9. The summed E-state index contributed by atoms with van der Waals surface area (Å²) in [4.78, 5) is 8.11. The van der Waals surface area contributed by atoms with Gasteiger partial charge in [0.1, 0.15) is 0 Å². The van der Waals surface area contributed by atoms with Crippen LogP contribution in [0.2, 0.25) is 0 Å². The first-order valence-electron chi connectivity index (χ1n) is 23.9. The fourth-order valence-corrected chi connectivity index (χ4v) is 14.4. The molecule has 0 saturated heterocycles. The Hall–Kier alpha value is -2.26. The standard InChI is InChI=1S/C51H74N4S4/c1-9-17-21-35(13-5)27-39-29-44(57-34-39)49-52-54-50(55-53-49)45-30-40(28-36(14-6)22-18-10-2)46(59-45)43-31-42-48(58-43)47-41(25-26-56-47)51(42,32-37(15-7)23-19-11-3)33-38(16-8)24-20-12-4/h25-26,29-31,34-38H,9-24,27-28,32-33H2,1-8H3. The Bertz CT molecular complexity index is 1960. The first-order chi connectivity index (χ1) is 28.8. The fourth-order valence-electron chi connectivity index (χ4n) is 9.89. The van der Waals surface area contributed by atoms with Crippen molar-refractivity contribution in [2.75, 3.05) is 0 Å². The maximum Gasteiger partial charge on any atom is 0.213 e. The van der Waals surface area contributed by atoms with Crippen LogP contribution in [0.4, 0.5) is 0 Å². The van der Waals surface area contributed by atoms with Crippen LogP contribution in [0.3, 0.4) is 0 Å². The minimum absolute atomic E-state index is 0.0942. The van der Waals surface area contributed by atoms with E-state index in [1.54, 1.807) is 32.2 Å². The Morgan fingerprint density at radius 2 is 1.03 bits per heavy atom. The van der Waals surface area contributed by atoms with Gasteiger partial charge in [-0.3, -0.25) is 0 Å². The van der Waals surface area contributed by atoms with Gasteiger partial charge < -0.3 is 0 Å². The Morgan fingerprint density at radius 1 is 0.508 bits per heavy atom. The highest BCUT2D eigenvalue weighted by Gasteiger charge is 2.47. The quantitative estimate of drug-likeness (QED) is 0.0527. The number of nitrogens with zero attached hydrogens (tertiary/aromatic N) is 4. The topological polar surface area (TPSA) is 51.6 Å². The van der Waals surface area contributed by atoms with Gasteiger partial charge in [0.2, 0.25) is 11.6 Å². The second kappa shape index (κ2) is 22.7. The third-order valence-electron chi connectivity index (χ3n) is 13.7. The predicted octanol–water partition coefficient (Wildman–Crippen LogP) is 17.5. The van der Waals surface area contributed by atoms with Crippen molar-refractivity contribution in [3.63, 3.8) is 0 Å². The largest absolute Gasteiger partial charge is 0.213 e. The lowest BCUT2D eigenvalue weighted by Crippen LogP contribution is -2.31. The summed E-state index contributed by atoms with van der Waals surface area (Å²) >= 11 is 7.65. The van der Waals surface area contributed by atoms with Crippen LogP contribution in [-0.2, 0) is 18.3 Å². The van der Waals surface area contributed by atoms with Gasteiger partial charge in [0.05, 0.1) is 9.75 Å². The van der Waals surface area contributed by atoms with Crippen molar-refractivity contribution in [2.45, 2.75) is 189 Å². The van der Waals surface area contributed by atoms with Gasteiger partial charge in [0.25, 0.3) is 0 Å². The molecule has 0 bridgehead atoms. The summed E-state index contributed by atoms with van der Waals surface area (Å²) in [5.74, 6) is 4.18. The highest BCUT2D eigenvalue weighted by molar-refractivity contribution is 7.27. The van der Waals surface area contributed by atoms with Gasteiger partial charge in [-0.2, -0.15) is 0 Å². The molecule has 4 atom stereocenters. The maximum absolute atomic E-state index is 4.78. The molecule has 59 heavy (non-hydrogen) atoms. The molecule has 0 saturated carbocycles. The van der Waals surface area contributed by atoms with Crippen LogP contribution >= 0.6 is 45.3 Å². The molecule has 4 unspecified atom stereocenters. The van der Waals surface area contributed by atoms with Gasteiger partial charge in [-0.25, -0.2) is 0 Å². The molecule has 0 aromatic carbocycles. The molecule has 0 spiro atoms. The van der Waals surface area contributed by atoms with Crippen molar-refractivity contribution in [1.29, 1.82) is 0 Å². The molecular weight excluding hydrogens is 797 g/mol. The summed E-state index contributed by atoms with van der Waals surface area (Å²) < 4.78 is 0. The maximum atomic E-state index is 4.78. The number of rotatable bonds is 27. The summed E-state index contributed by atoms with van der Waals surface area (Å²) in [6.45, 7) is 18.9. The summed E-state index contributed by atoms with van der Waals surface area (Å²) in [6.07, 6.45) is 25.3. The number of fused-ring (bicyclic) bond motifs is 3. The van der Waals surface area contributed by atoms with E-state index in [1.165, 1.54) is 136 Å². The summed E-state index contributed by atoms with van der Waals surface area (Å²) in [6, 6.07) is 9.88. The van der Waals surface area contributed by atoms with E-state index in [-0.39, 0.29) is 5.41 Å². The molecule has 1 aliphatic carbocycles. The van der Waals surface area contributed by atoms with Crippen LogP contribution in [0.1, 0.15) is 193 Å². The molecule has 0 N–H and O–H groups in total. The van der Waals surface area contributed by atoms with Crippen LogP contribution in [0.15, 0.2) is 35.0 Å². The summed E-state index contributed by atoms with van der Waals surface area (Å²) in [5, 5.41) is 23.6. The minimum Gasteiger partial charge on any atom is -0.143 e. The summed E-state index contributed by atoms with van der Waals surface area (Å²) in [5.41, 5.74) is 6.22. The molecule has 8 heteroatoms. The molecule has 5 aromatic heterocycles. The van der Waals surface area contributed by atoms with Crippen molar-refractivity contribution in [3.8, 4) is 40.9 Å². The number of unbranched alkanes of at least 4 members (excludes halogenated alkanes) is 4. The van der Waals surface area contributed by atoms with Crippen molar-refractivity contribution in [1.82, 2.24) is 20.4 Å². The first-order valence-corrected chi connectivity index (χ1v) is 27.2. The smallest absolute Gasteiger partial charge is 0.143 e. The highest BCUT2D eigenvalue weighted by Crippen LogP contribution is 2.62. The Labute approximate surface area is 374 Å². The molecule has 0 radical (unpaired) electrons. The minimum atomic E-state index is 0.0942. The van der Waals surface area contributed by atoms with Gasteiger partial charge in [-0.1, -0.05) is 158 Å². The first kappa shape index (κ1) is 46.2. The van der Waals surface area contributed by atoms with Crippen LogP contribution < -0.4 is 0 Å². The van der Waals surface area contributed by atoms with E-state index in [9.17, 15) is 0 Å². The van der Waals surface area contributed by atoms with E-state index in [4.69, 9.17) is 20.4 Å². The van der Waals surface area contributed by atoms with Crippen molar-refractivity contribution in [3.05, 3.63) is 57.3 Å². The third kappa shape index (κ3) is 11.0. The van der Waals surface area contributed by atoms with E-state index in [1.807, 2.05) is 22.7 Å². The van der Waals surface area contributed by atoms with E-state index >= 15 is 0 Å². The van der Waals surface area contributed by atoms with Gasteiger partial charge in [-0.05, 0) is 107 Å². The summed E-state index contributed by atoms with van der Waals surface area (Å²) in [7, 11) is 0. The Morgan fingerprint density at radius 3 is 1.59 bits per heavy atom. The van der Waals surface area contributed by atoms with Crippen LogP contribution in [0, 0.1) is 23.7 Å². The highest BCUT2D eigenvalue weighted by atomic mass is 32.1. The van der Waals surface area contributed by atoms with Gasteiger partial charge >= 0.3 is 0 Å². The number of aromatic nitrogens is 4. The molecule has 5 heterocycles. The molecule has 5 aromatic rings. The van der Waals surface area contributed by atoms with E-state index in [0.29, 0.717) is 17.6 Å². The molecule has 1 aliphatic rings. The molecule has 0 fully saturated rings. The molecule has 0 amide bonds. The molecule has 322 valence electrons. The van der Waals surface area contributed by atoms with Crippen molar-refractivity contribution >= 4 is 45.3 Å². The predicted molar refractivity (Wildman–Crippen MR) is 262 cm³/mol. The van der Waals surface area contributed by atoms with Crippen LogP contribution in [-0.4, -0.2) is 20.4 Å². The van der Waals surface area contributed by atoms with Crippen molar-refractivity contribution < 1.29 is 0 Å². The van der Waals surface area contributed by atoms with Gasteiger partial charge in [0.15, 0.2) is 0 Å². The lowest BCUT2D eigenvalue weighted by Gasteiger charge is -2.37. The zero-order valence-corrected chi connectivity index (χ0v) is 41.1. The molecule has 6 rings (SSSR count). The SMILES string of the molecule is CCCCC(CC)Cc1csc(-c2nnc(-c3cc(CC(CC)CCCC)c(-c4cc5c(s4)-c4sccc4C5(CC(CC)CCCC)CC(CC)CCCC)s3)nn2)c1. The van der Waals surface area contributed by atoms with Crippen molar-refractivity contribution in [2.24, 2.45) is 23.7 Å². The average Bonchev–Trinajstić information content (AvgIpc) is 4.11. The number of hydrogen-bond acceptors (Lipinski definition) is 8. The number of hydrogen-bond donors (Lipinski definition) is 0. The molecule has 4 nitrogen and oxygen atoms in total. The second-order valence-corrected chi connectivity index (χ2v) is 21.8. The van der Waals surface area contributed by atoms with Crippen LogP contribution in [0.25, 0.3) is 40.9 Å². The zero-order valence-electron chi connectivity index (χ0n) is 37.8. The lowest BCUT2D eigenvalue weighted by atomic mass is 9.66. The molecular formula is C51H74N4S4. The normalized spacial score (nSPS) is 16.9. The van der Waals surface area contributed by atoms with Crippen LogP contribution in [0.5, 0.6) is 0 Å². The van der Waals surface area contributed by atoms with E-state index in [0.717, 1.165) is 40.3 Å². The lowest BCUT2D eigenvalue weighted by molar-refractivity contribution is 0.266. The Balaban J connectivity index is 1.38. The number of thiophene rings is 4. The Kier molecular flexibility index (Phi) is 17.8. The third-order valence-corrected chi connectivity index (χ3v) is 18.3. The van der Waals surface area contributed by atoms with Gasteiger partial charge in [0, 0.05) is 24.9 Å². The zero-order chi connectivity index (χ0) is 41.8. The van der Waals surface area contributed by atoms with E-state index < -0.39 is 0 Å². The van der Waals surface area contributed by atoms with E-state index in [2.05, 4.69) is 102 Å². The molecule has 0 aliphatic heterocycles. The monoisotopic (exact) mass is 870 g/mol.